The largest absolute Gasteiger partial charge is 0.508 e. The molecule has 138 valence electrons. The molecule has 2 aromatic carbocycles. The Balaban J connectivity index is 2.01. The molecule has 26 heavy (non-hydrogen) atoms. The van der Waals surface area contributed by atoms with Crippen LogP contribution < -0.4 is 5.32 Å². The number of phenolic OH excluding ortho intramolecular Hbond substituents is 1. The summed E-state index contributed by atoms with van der Waals surface area (Å²) in [6.07, 6.45) is 0.771. The number of ether oxygens (including phenoxy) is 1. The maximum Gasteiger partial charge on any atom is 0.339 e. The number of nitrogens with one attached hydrogen (secondary N) is 1. The van der Waals surface area contributed by atoms with E-state index in [1.54, 1.807) is 19.1 Å². The predicted molar refractivity (Wildman–Crippen MR) is 100.0 cm³/mol. The van der Waals surface area contributed by atoms with E-state index in [2.05, 4.69) is 12.2 Å². The second-order valence-electron chi connectivity index (χ2n) is 6.31. The van der Waals surface area contributed by atoms with Gasteiger partial charge in [0.1, 0.15) is 5.75 Å². The molecule has 2 N–H and O–H groups in total. The molecule has 0 aliphatic heterocycles. The van der Waals surface area contributed by atoms with Crippen molar-refractivity contribution in [3.63, 3.8) is 0 Å². The zero-order valence-corrected chi connectivity index (χ0v) is 15.4. The third kappa shape index (κ3) is 5.09. The van der Waals surface area contributed by atoms with Gasteiger partial charge < -0.3 is 15.2 Å². The average molecular weight is 355 g/mol. The Labute approximate surface area is 154 Å². The SMILES string of the molecule is CCC[C@H](NC(=O)[C@@H](C)OC(=O)c1ccc(C)c(O)c1)c1ccccc1. The maximum absolute atomic E-state index is 12.5. The van der Waals surface area contributed by atoms with E-state index < -0.39 is 12.1 Å². The zero-order chi connectivity index (χ0) is 19.1. The number of phenols is 1. The summed E-state index contributed by atoms with van der Waals surface area (Å²) in [4.78, 5) is 24.6. The van der Waals surface area contributed by atoms with Crippen molar-refractivity contribution in [2.24, 2.45) is 0 Å². The van der Waals surface area contributed by atoms with E-state index in [0.717, 1.165) is 18.4 Å². The maximum atomic E-state index is 12.5. The molecule has 0 heterocycles. The minimum atomic E-state index is -0.936. The van der Waals surface area contributed by atoms with Gasteiger partial charge >= 0.3 is 5.97 Å². The summed E-state index contributed by atoms with van der Waals surface area (Å²) >= 11 is 0. The smallest absolute Gasteiger partial charge is 0.339 e. The lowest BCUT2D eigenvalue weighted by molar-refractivity contribution is -0.129. The number of benzene rings is 2. The lowest BCUT2D eigenvalue weighted by Crippen LogP contribution is -2.38. The van der Waals surface area contributed by atoms with Crippen LogP contribution in [0.4, 0.5) is 0 Å². The first-order valence-electron chi connectivity index (χ1n) is 8.78. The highest BCUT2D eigenvalue weighted by Crippen LogP contribution is 2.20. The summed E-state index contributed by atoms with van der Waals surface area (Å²) < 4.78 is 5.25. The van der Waals surface area contributed by atoms with Gasteiger partial charge in [-0.2, -0.15) is 0 Å². The van der Waals surface area contributed by atoms with Crippen molar-refractivity contribution < 1.29 is 19.4 Å². The van der Waals surface area contributed by atoms with Gasteiger partial charge in [-0.15, -0.1) is 0 Å². The number of carbonyl (C=O) groups is 2. The number of carbonyl (C=O) groups excluding carboxylic acids is 2. The van der Waals surface area contributed by atoms with E-state index >= 15 is 0 Å². The number of aryl methyl sites for hydroxylation is 1. The van der Waals surface area contributed by atoms with E-state index in [4.69, 9.17) is 4.74 Å². The van der Waals surface area contributed by atoms with E-state index in [9.17, 15) is 14.7 Å². The van der Waals surface area contributed by atoms with Gasteiger partial charge in [0.2, 0.25) is 0 Å². The molecule has 1 amide bonds. The molecule has 0 aliphatic carbocycles. The van der Waals surface area contributed by atoms with Crippen LogP contribution in [0.2, 0.25) is 0 Å². The van der Waals surface area contributed by atoms with Gasteiger partial charge in [0, 0.05) is 0 Å². The first-order valence-corrected chi connectivity index (χ1v) is 8.78. The summed E-state index contributed by atoms with van der Waals surface area (Å²) in [5.74, 6) is -0.977. The minimum absolute atomic E-state index is 0.0173. The summed E-state index contributed by atoms with van der Waals surface area (Å²) in [5.41, 5.74) is 1.89. The first-order chi connectivity index (χ1) is 12.4. The van der Waals surface area contributed by atoms with Crippen LogP contribution in [0.25, 0.3) is 0 Å². The molecule has 0 spiro atoms. The molecule has 0 saturated heterocycles. The van der Waals surface area contributed by atoms with Crippen molar-refractivity contribution in [1.82, 2.24) is 5.32 Å². The predicted octanol–water partition coefficient (Wildman–Crippen LogP) is 3.90. The van der Waals surface area contributed by atoms with Gasteiger partial charge in [0.25, 0.3) is 5.91 Å². The molecule has 0 fully saturated rings. The Morgan fingerprint density at radius 2 is 1.85 bits per heavy atom. The highest BCUT2D eigenvalue weighted by molar-refractivity contribution is 5.92. The molecule has 0 aromatic heterocycles. The number of esters is 1. The lowest BCUT2D eigenvalue weighted by Gasteiger charge is -2.21. The first kappa shape index (κ1) is 19.5. The second kappa shape index (κ2) is 9.04. The molecular formula is C21H25NO4. The monoisotopic (exact) mass is 355 g/mol. The quantitative estimate of drug-likeness (QED) is 0.739. The van der Waals surface area contributed by atoms with Gasteiger partial charge in [-0.3, -0.25) is 4.79 Å². The number of hydrogen-bond donors (Lipinski definition) is 2. The second-order valence-corrected chi connectivity index (χ2v) is 6.31. The molecule has 2 aromatic rings. The minimum Gasteiger partial charge on any atom is -0.508 e. The molecule has 0 aliphatic rings. The molecule has 5 nitrogen and oxygen atoms in total. The van der Waals surface area contributed by atoms with Crippen molar-refractivity contribution in [3.8, 4) is 5.75 Å². The fourth-order valence-electron chi connectivity index (χ4n) is 2.60. The van der Waals surface area contributed by atoms with Crippen LogP contribution in [0.1, 0.15) is 54.2 Å². The Bertz CT molecular complexity index is 758. The van der Waals surface area contributed by atoms with Gasteiger partial charge in [0.15, 0.2) is 6.10 Å². The van der Waals surface area contributed by atoms with E-state index in [0.29, 0.717) is 5.56 Å². The Hall–Kier alpha value is -2.82. The van der Waals surface area contributed by atoms with Crippen LogP contribution in [0.3, 0.4) is 0 Å². The van der Waals surface area contributed by atoms with Gasteiger partial charge in [-0.25, -0.2) is 4.79 Å². The lowest BCUT2D eigenvalue weighted by atomic mass is 10.0. The van der Waals surface area contributed by atoms with Crippen LogP contribution in [-0.4, -0.2) is 23.1 Å². The number of amides is 1. The van der Waals surface area contributed by atoms with Crippen LogP contribution in [-0.2, 0) is 9.53 Å². The zero-order valence-electron chi connectivity index (χ0n) is 15.4. The average Bonchev–Trinajstić information content (AvgIpc) is 2.64. The summed E-state index contributed by atoms with van der Waals surface area (Å²) in [5, 5.41) is 12.7. The van der Waals surface area contributed by atoms with Crippen molar-refractivity contribution in [2.45, 2.75) is 45.8 Å². The topological polar surface area (TPSA) is 75.6 Å². The van der Waals surface area contributed by atoms with Gasteiger partial charge in [0.05, 0.1) is 11.6 Å². The van der Waals surface area contributed by atoms with Crippen LogP contribution in [0.5, 0.6) is 5.75 Å². The third-order valence-corrected chi connectivity index (χ3v) is 4.19. The standard InChI is InChI=1S/C21H25NO4/c1-4-8-18(16-9-6-5-7-10-16)22-20(24)15(3)26-21(25)17-12-11-14(2)19(23)13-17/h5-7,9-13,15,18,23H,4,8H2,1-3H3,(H,22,24)/t15-,18+/m1/s1. The van der Waals surface area contributed by atoms with Crippen molar-refractivity contribution >= 4 is 11.9 Å². The van der Waals surface area contributed by atoms with Crippen molar-refractivity contribution in [1.29, 1.82) is 0 Å². The van der Waals surface area contributed by atoms with E-state index in [-0.39, 0.29) is 23.3 Å². The van der Waals surface area contributed by atoms with Crippen molar-refractivity contribution in [2.75, 3.05) is 0 Å². The molecule has 2 rings (SSSR count). The summed E-state index contributed by atoms with van der Waals surface area (Å²) in [6.45, 7) is 5.32. The van der Waals surface area contributed by atoms with Crippen LogP contribution >= 0.6 is 0 Å². The number of hydrogen-bond acceptors (Lipinski definition) is 4. The Morgan fingerprint density at radius 3 is 2.46 bits per heavy atom. The van der Waals surface area contributed by atoms with Crippen LogP contribution in [0.15, 0.2) is 48.5 Å². The van der Waals surface area contributed by atoms with E-state index in [1.807, 2.05) is 30.3 Å². The van der Waals surface area contributed by atoms with Gasteiger partial charge in [-0.1, -0.05) is 49.7 Å². The molecule has 0 radical (unpaired) electrons. The molecule has 0 bridgehead atoms. The molecular weight excluding hydrogens is 330 g/mol. The fourth-order valence-corrected chi connectivity index (χ4v) is 2.60. The Kier molecular flexibility index (Phi) is 6.78. The number of rotatable bonds is 7. The van der Waals surface area contributed by atoms with E-state index in [1.165, 1.54) is 13.0 Å². The highest BCUT2D eigenvalue weighted by atomic mass is 16.5. The summed E-state index contributed by atoms with van der Waals surface area (Å²) in [6, 6.07) is 14.1. The normalized spacial score (nSPS) is 12.9. The van der Waals surface area contributed by atoms with Gasteiger partial charge in [-0.05, 0) is 43.5 Å². The fraction of sp³-hybridized carbons (Fsp3) is 0.333. The van der Waals surface area contributed by atoms with Crippen molar-refractivity contribution in [3.05, 3.63) is 65.2 Å². The molecule has 2 atom stereocenters. The third-order valence-electron chi connectivity index (χ3n) is 4.19. The molecule has 0 saturated carbocycles. The van der Waals surface area contributed by atoms with Crippen LogP contribution in [0, 0.1) is 6.92 Å². The molecule has 5 heteroatoms. The molecule has 0 unspecified atom stereocenters. The number of aromatic hydroxyl groups is 1. The Morgan fingerprint density at radius 1 is 1.15 bits per heavy atom. The summed E-state index contributed by atoms with van der Waals surface area (Å²) in [7, 11) is 0. The highest BCUT2D eigenvalue weighted by Gasteiger charge is 2.22.